The molecule has 28 heavy (non-hydrogen) atoms. The van der Waals surface area contributed by atoms with E-state index in [1.165, 1.54) is 30.6 Å². The molecule has 1 heterocycles. The molecule has 0 amide bonds. The molecule has 1 aliphatic rings. The summed E-state index contributed by atoms with van der Waals surface area (Å²) in [6.45, 7) is 7.47. The Morgan fingerprint density at radius 2 is 1.29 bits per heavy atom. The standard InChI is InChI=1S/C22H29Cl2N3S/c23-20-6-2-18(3-7-20)22(19-4-8-21(24)9-5-19)28-17-16-27-12-1-11-26(13-10-25)14-15-27/h2-9,22H,1,10-17,25H2. The Bertz CT molecular complexity index is 663. The molecule has 2 aromatic rings. The Labute approximate surface area is 183 Å². The average Bonchev–Trinajstić information content (AvgIpc) is 2.93. The Morgan fingerprint density at radius 3 is 1.79 bits per heavy atom. The molecule has 0 bridgehead atoms. The lowest BCUT2D eigenvalue weighted by atomic mass is 10.0. The minimum atomic E-state index is 0.287. The van der Waals surface area contributed by atoms with Gasteiger partial charge < -0.3 is 15.5 Å². The highest BCUT2D eigenvalue weighted by Crippen LogP contribution is 2.36. The molecule has 0 atom stereocenters. The maximum atomic E-state index is 6.10. The molecule has 3 nitrogen and oxygen atoms in total. The van der Waals surface area contributed by atoms with Gasteiger partial charge in [-0.05, 0) is 54.9 Å². The Balaban J connectivity index is 1.60. The van der Waals surface area contributed by atoms with Crippen molar-refractivity contribution >= 4 is 35.0 Å². The third-order valence-electron chi connectivity index (χ3n) is 5.16. The first kappa shape index (κ1) is 21.9. The maximum Gasteiger partial charge on any atom is 0.0547 e. The van der Waals surface area contributed by atoms with Crippen LogP contribution in [0.2, 0.25) is 10.0 Å². The molecule has 2 N–H and O–H groups in total. The second kappa shape index (κ2) is 11.4. The first-order chi connectivity index (χ1) is 13.7. The fourth-order valence-corrected chi connectivity index (χ4v) is 5.16. The normalized spacial score (nSPS) is 16.4. The van der Waals surface area contributed by atoms with Crippen LogP contribution in [0.15, 0.2) is 48.5 Å². The first-order valence-corrected chi connectivity index (χ1v) is 11.7. The lowest BCUT2D eigenvalue weighted by Gasteiger charge is -2.23. The van der Waals surface area contributed by atoms with Gasteiger partial charge in [0.05, 0.1) is 5.25 Å². The van der Waals surface area contributed by atoms with Crippen LogP contribution in [0.5, 0.6) is 0 Å². The largest absolute Gasteiger partial charge is 0.329 e. The smallest absolute Gasteiger partial charge is 0.0547 e. The second-order valence-electron chi connectivity index (χ2n) is 7.18. The van der Waals surface area contributed by atoms with Crippen LogP contribution in [-0.4, -0.2) is 61.4 Å². The van der Waals surface area contributed by atoms with Crippen molar-refractivity contribution in [2.24, 2.45) is 5.73 Å². The highest BCUT2D eigenvalue weighted by Gasteiger charge is 2.17. The summed E-state index contributed by atoms with van der Waals surface area (Å²) in [5.41, 5.74) is 8.27. The molecule has 1 aliphatic heterocycles. The summed E-state index contributed by atoms with van der Waals surface area (Å²) >= 11 is 14.2. The van der Waals surface area contributed by atoms with E-state index in [0.29, 0.717) is 0 Å². The van der Waals surface area contributed by atoms with Crippen LogP contribution in [0.3, 0.4) is 0 Å². The third kappa shape index (κ3) is 6.65. The molecule has 0 radical (unpaired) electrons. The molecule has 0 aliphatic carbocycles. The summed E-state index contributed by atoms with van der Waals surface area (Å²) in [7, 11) is 0. The number of rotatable bonds is 8. The van der Waals surface area contributed by atoms with E-state index in [1.54, 1.807) is 0 Å². The number of nitrogens with zero attached hydrogens (tertiary/aromatic N) is 2. The molecule has 1 fully saturated rings. The summed E-state index contributed by atoms with van der Waals surface area (Å²) in [6.07, 6.45) is 1.22. The fourth-order valence-electron chi connectivity index (χ4n) is 3.61. The summed E-state index contributed by atoms with van der Waals surface area (Å²) in [6, 6.07) is 16.4. The fraction of sp³-hybridized carbons (Fsp3) is 0.455. The van der Waals surface area contributed by atoms with Crippen molar-refractivity contribution < 1.29 is 0 Å². The van der Waals surface area contributed by atoms with Crippen LogP contribution >= 0.6 is 35.0 Å². The van der Waals surface area contributed by atoms with E-state index >= 15 is 0 Å². The topological polar surface area (TPSA) is 32.5 Å². The predicted molar refractivity (Wildman–Crippen MR) is 124 cm³/mol. The van der Waals surface area contributed by atoms with Crippen molar-refractivity contribution in [1.82, 2.24) is 9.80 Å². The summed E-state index contributed by atoms with van der Waals surface area (Å²) in [5, 5.41) is 1.83. The maximum absolute atomic E-state index is 6.10. The van der Waals surface area contributed by atoms with E-state index in [2.05, 4.69) is 34.1 Å². The highest BCUT2D eigenvalue weighted by atomic mass is 35.5. The molecule has 3 rings (SSSR count). The first-order valence-electron chi connectivity index (χ1n) is 9.93. The zero-order valence-corrected chi connectivity index (χ0v) is 18.5. The van der Waals surface area contributed by atoms with Crippen molar-refractivity contribution in [2.75, 3.05) is 51.6 Å². The summed E-state index contributed by atoms with van der Waals surface area (Å²) in [4.78, 5) is 5.07. The summed E-state index contributed by atoms with van der Waals surface area (Å²) < 4.78 is 0. The number of hydrogen-bond acceptors (Lipinski definition) is 4. The number of benzene rings is 2. The minimum Gasteiger partial charge on any atom is -0.329 e. The lowest BCUT2D eigenvalue weighted by Crippen LogP contribution is -2.34. The molecule has 0 spiro atoms. The van der Waals surface area contributed by atoms with Gasteiger partial charge in [0.15, 0.2) is 0 Å². The van der Waals surface area contributed by atoms with Crippen LogP contribution in [0.1, 0.15) is 22.8 Å². The average molecular weight is 438 g/mol. The van der Waals surface area contributed by atoms with Gasteiger partial charge in [-0.2, -0.15) is 0 Å². The molecule has 6 heteroatoms. The van der Waals surface area contributed by atoms with E-state index in [0.717, 1.165) is 48.5 Å². The Kier molecular flexibility index (Phi) is 8.97. The second-order valence-corrected chi connectivity index (χ2v) is 9.27. The van der Waals surface area contributed by atoms with E-state index in [-0.39, 0.29) is 5.25 Å². The molecule has 152 valence electrons. The molecular weight excluding hydrogens is 409 g/mol. The SMILES string of the molecule is NCCN1CCCN(CCSC(c2ccc(Cl)cc2)c2ccc(Cl)cc2)CC1. The van der Waals surface area contributed by atoms with E-state index in [4.69, 9.17) is 28.9 Å². The summed E-state index contributed by atoms with van der Waals surface area (Å²) in [5.74, 6) is 1.09. The number of nitrogens with two attached hydrogens (primary N) is 1. The van der Waals surface area contributed by atoms with Crippen LogP contribution in [0, 0.1) is 0 Å². The van der Waals surface area contributed by atoms with Gasteiger partial charge in [0.25, 0.3) is 0 Å². The van der Waals surface area contributed by atoms with Gasteiger partial charge in [-0.15, -0.1) is 11.8 Å². The van der Waals surface area contributed by atoms with Crippen molar-refractivity contribution in [1.29, 1.82) is 0 Å². The zero-order chi connectivity index (χ0) is 19.8. The van der Waals surface area contributed by atoms with Crippen molar-refractivity contribution in [3.8, 4) is 0 Å². The molecule has 0 saturated carbocycles. The van der Waals surface area contributed by atoms with Gasteiger partial charge in [-0.3, -0.25) is 0 Å². The van der Waals surface area contributed by atoms with Gasteiger partial charge in [0, 0.05) is 48.5 Å². The van der Waals surface area contributed by atoms with Gasteiger partial charge in [0.1, 0.15) is 0 Å². The van der Waals surface area contributed by atoms with Gasteiger partial charge in [-0.25, -0.2) is 0 Å². The Hall–Kier alpha value is -0.750. The van der Waals surface area contributed by atoms with Crippen LogP contribution in [0.25, 0.3) is 0 Å². The molecule has 0 aromatic heterocycles. The molecular formula is C22H29Cl2N3S. The predicted octanol–water partition coefficient (Wildman–Crippen LogP) is 4.78. The van der Waals surface area contributed by atoms with Crippen LogP contribution < -0.4 is 5.73 Å². The van der Waals surface area contributed by atoms with Crippen LogP contribution in [-0.2, 0) is 0 Å². The monoisotopic (exact) mass is 437 g/mol. The lowest BCUT2D eigenvalue weighted by molar-refractivity contribution is 0.269. The van der Waals surface area contributed by atoms with Crippen molar-refractivity contribution in [3.63, 3.8) is 0 Å². The van der Waals surface area contributed by atoms with E-state index in [9.17, 15) is 0 Å². The van der Waals surface area contributed by atoms with Gasteiger partial charge in [-0.1, -0.05) is 47.5 Å². The molecule has 1 saturated heterocycles. The highest BCUT2D eigenvalue weighted by molar-refractivity contribution is 7.99. The van der Waals surface area contributed by atoms with E-state index in [1.807, 2.05) is 36.0 Å². The quantitative estimate of drug-likeness (QED) is 0.643. The molecule has 0 unspecified atom stereocenters. The van der Waals surface area contributed by atoms with E-state index < -0.39 is 0 Å². The molecule has 2 aromatic carbocycles. The zero-order valence-electron chi connectivity index (χ0n) is 16.2. The van der Waals surface area contributed by atoms with Crippen LogP contribution in [0.4, 0.5) is 0 Å². The Morgan fingerprint density at radius 1 is 0.786 bits per heavy atom. The number of hydrogen-bond donors (Lipinski definition) is 1. The van der Waals surface area contributed by atoms with Gasteiger partial charge in [0.2, 0.25) is 0 Å². The van der Waals surface area contributed by atoms with Crippen molar-refractivity contribution in [2.45, 2.75) is 11.7 Å². The van der Waals surface area contributed by atoms with Crippen molar-refractivity contribution in [3.05, 3.63) is 69.7 Å². The number of thioether (sulfide) groups is 1. The van der Waals surface area contributed by atoms with Gasteiger partial charge >= 0.3 is 0 Å². The minimum absolute atomic E-state index is 0.287. The third-order valence-corrected chi connectivity index (χ3v) is 6.96. The number of halogens is 2.